The molecule has 6 heteroatoms. The second-order valence-electron chi connectivity index (χ2n) is 9.04. The zero-order chi connectivity index (χ0) is 23.5. The zero-order valence-electron chi connectivity index (χ0n) is 19.3. The van der Waals surface area contributed by atoms with Crippen molar-refractivity contribution < 1.29 is 14.3 Å². The highest BCUT2D eigenvalue weighted by molar-refractivity contribution is 6.22. The smallest absolute Gasteiger partial charge is 0.201 e. The van der Waals surface area contributed by atoms with Crippen molar-refractivity contribution in [3.63, 3.8) is 0 Å². The zero-order valence-corrected chi connectivity index (χ0v) is 19.3. The van der Waals surface area contributed by atoms with Gasteiger partial charge >= 0.3 is 0 Å². The first-order valence-electron chi connectivity index (χ1n) is 10.8. The standard InChI is InChI=1S/C27H25N3O3/c1-27(2)18-10-6-7-11-19(18)30(4)26(27)17(15-28)23-24(31)16(25(23)32-5)14-22-29(3)20-12-8-9-13-21(20)33-22/h6-14,26H,1-5H3. The highest BCUT2D eigenvalue weighted by atomic mass is 16.5. The third-order valence-electron chi connectivity index (χ3n) is 6.90. The number of ether oxygens (including phenoxy) is 2. The molecule has 0 aromatic heterocycles. The van der Waals surface area contributed by atoms with Crippen LogP contribution in [0.4, 0.5) is 11.4 Å². The molecular weight excluding hydrogens is 414 g/mol. The van der Waals surface area contributed by atoms with Gasteiger partial charge in [-0.25, -0.2) is 0 Å². The fraction of sp³-hybridized carbons (Fsp3) is 0.259. The highest BCUT2D eigenvalue weighted by Gasteiger charge is 2.49. The fourth-order valence-electron chi connectivity index (χ4n) is 5.28. The Labute approximate surface area is 193 Å². The van der Waals surface area contributed by atoms with Gasteiger partial charge in [-0.05, 0) is 23.8 Å². The number of hydrogen-bond acceptors (Lipinski definition) is 6. The van der Waals surface area contributed by atoms with Crippen LogP contribution in [0.15, 0.2) is 83.0 Å². The Kier molecular flexibility index (Phi) is 4.61. The van der Waals surface area contributed by atoms with Crippen LogP contribution in [0.2, 0.25) is 0 Å². The van der Waals surface area contributed by atoms with Crippen LogP contribution in [0, 0.1) is 11.3 Å². The number of carbonyl (C=O) groups excluding carboxylic acids is 1. The summed E-state index contributed by atoms with van der Waals surface area (Å²) in [5.41, 5.74) is 3.97. The van der Waals surface area contributed by atoms with E-state index in [-0.39, 0.29) is 17.2 Å². The third-order valence-corrected chi connectivity index (χ3v) is 6.90. The summed E-state index contributed by atoms with van der Waals surface area (Å²) in [6.07, 6.45) is 1.69. The predicted octanol–water partition coefficient (Wildman–Crippen LogP) is 4.46. The van der Waals surface area contributed by atoms with E-state index in [4.69, 9.17) is 9.47 Å². The maximum atomic E-state index is 13.4. The lowest BCUT2D eigenvalue weighted by atomic mass is 9.73. The number of fused-ring (bicyclic) bond motifs is 2. The minimum Gasteiger partial charge on any atom is -0.495 e. The van der Waals surface area contributed by atoms with E-state index in [1.807, 2.05) is 61.5 Å². The van der Waals surface area contributed by atoms with Gasteiger partial charge in [0.05, 0.1) is 41.6 Å². The first kappa shape index (κ1) is 20.9. The molecule has 166 valence electrons. The van der Waals surface area contributed by atoms with Gasteiger partial charge < -0.3 is 19.3 Å². The number of nitriles is 1. The maximum absolute atomic E-state index is 13.4. The van der Waals surface area contributed by atoms with E-state index >= 15 is 0 Å². The molecule has 2 aromatic carbocycles. The molecule has 0 radical (unpaired) electrons. The molecule has 33 heavy (non-hydrogen) atoms. The number of ketones is 1. The van der Waals surface area contributed by atoms with Crippen molar-refractivity contribution in [2.75, 3.05) is 31.0 Å². The van der Waals surface area contributed by atoms with Gasteiger partial charge in [0.1, 0.15) is 5.76 Å². The quantitative estimate of drug-likeness (QED) is 0.520. The van der Waals surface area contributed by atoms with Crippen LogP contribution in [-0.4, -0.2) is 33.0 Å². The fourth-order valence-corrected chi connectivity index (χ4v) is 5.28. The molecule has 2 aliphatic heterocycles. The number of anilines is 2. The second kappa shape index (κ2) is 7.28. The summed E-state index contributed by atoms with van der Waals surface area (Å²) in [6, 6.07) is 17.9. The molecule has 1 unspecified atom stereocenters. The van der Waals surface area contributed by atoms with Crippen LogP contribution in [0.1, 0.15) is 19.4 Å². The number of allylic oxidation sites excluding steroid dienone is 3. The van der Waals surface area contributed by atoms with Crippen molar-refractivity contribution in [2.24, 2.45) is 0 Å². The number of hydrogen-bond donors (Lipinski definition) is 0. The molecule has 3 aliphatic rings. The van der Waals surface area contributed by atoms with Crippen LogP contribution in [0.25, 0.3) is 0 Å². The lowest BCUT2D eigenvalue weighted by Crippen LogP contribution is -2.43. The summed E-state index contributed by atoms with van der Waals surface area (Å²) >= 11 is 0. The van der Waals surface area contributed by atoms with Gasteiger partial charge in [0.2, 0.25) is 11.7 Å². The number of para-hydroxylation sites is 3. The number of methoxy groups -OCH3 is 1. The molecule has 0 saturated heterocycles. The van der Waals surface area contributed by atoms with Crippen LogP contribution in [-0.2, 0) is 14.9 Å². The van der Waals surface area contributed by atoms with Gasteiger partial charge in [0, 0.05) is 31.3 Å². The molecule has 0 amide bonds. The predicted molar refractivity (Wildman–Crippen MR) is 127 cm³/mol. The molecule has 0 N–H and O–H groups in total. The minimum absolute atomic E-state index is 0.205. The molecule has 5 rings (SSSR count). The Balaban J connectivity index is 1.58. The number of likely N-dealkylation sites (N-methyl/N-ethyl adjacent to an activating group) is 1. The Morgan fingerprint density at radius 1 is 1.12 bits per heavy atom. The van der Waals surface area contributed by atoms with Crippen molar-refractivity contribution >= 4 is 17.2 Å². The van der Waals surface area contributed by atoms with Crippen LogP contribution in [0.3, 0.4) is 0 Å². The van der Waals surface area contributed by atoms with Gasteiger partial charge in [-0.3, -0.25) is 4.79 Å². The van der Waals surface area contributed by atoms with E-state index in [0.717, 1.165) is 22.7 Å². The summed E-state index contributed by atoms with van der Waals surface area (Å²) in [5, 5.41) is 10.2. The van der Waals surface area contributed by atoms with Crippen molar-refractivity contribution in [1.82, 2.24) is 0 Å². The monoisotopic (exact) mass is 439 g/mol. The van der Waals surface area contributed by atoms with Gasteiger partial charge in [0.15, 0.2) is 5.75 Å². The van der Waals surface area contributed by atoms with Crippen molar-refractivity contribution in [3.8, 4) is 11.8 Å². The summed E-state index contributed by atoms with van der Waals surface area (Å²) < 4.78 is 11.6. The van der Waals surface area contributed by atoms with E-state index in [1.165, 1.54) is 7.11 Å². The molecule has 1 aliphatic carbocycles. The largest absolute Gasteiger partial charge is 0.495 e. The lowest BCUT2D eigenvalue weighted by molar-refractivity contribution is -0.113. The lowest BCUT2D eigenvalue weighted by Gasteiger charge is -2.35. The molecule has 2 heterocycles. The number of benzene rings is 2. The summed E-state index contributed by atoms with van der Waals surface area (Å²) in [7, 11) is 5.39. The van der Waals surface area contributed by atoms with E-state index in [9.17, 15) is 10.1 Å². The molecule has 0 spiro atoms. The van der Waals surface area contributed by atoms with E-state index in [2.05, 4.69) is 30.9 Å². The minimum atomic E-state index is -0.354. The highest BCUT2D eigenvalue weighted by Crippen LogP contribution is 2.49. The molecule has 0 fully saturated rings. The SMILES string of the molecule is COC1=C(C=C2Oc3ccccc3N2C)C(=O)C1=C(C#N)C1N(C)c2ccccc2C1(C)C. The average molecular weight is 440 g/mol. The van der Waals surface area contributed by atoms with Crippen molar-refractivity contribution in [3.05, 3.63) is 88.5 Å². The normalized spacial score (nSPS) is 23.1. The number of nitrogens with zero attached hydrogens (tertiary/aromatic N) is 3. The Morgan fingerprint density at radius 3 is 2.42 bits per heavy atom. The Morgan fingerprint density at radius 2 is 1.79 bits per heavy atom. The summed E-state index contributed by atoms with van der Waals surface area (Å²) in [4.78, 5) is 17.3. The summed E-state index contributed by atoms with van der Waals surface area (Å²) in [5.74, 6) is 1.50. The van der Waals surface area contributed by atoms with Crippen LogP contribution < -0.4 is 14.5 Å². The Bertz CT molecular complexity index is 1330. The van der Waals surface area contributed by atoms with E-state index < -0.39 is 0 Å². The molecular formula is C27H25N3O3. The van der Waals surface area contributed by atoms with Gasteiger partial charge in [-0.1, -0.05) is 44.2 Å². The van der Waals surface area contributed by atoms with Gasteiger partial charge in [-0.15, -0.1) is 0 Å². The topological polar surface area (TPSA) is 65.8 Å². The maximum Gasteiger partial charge on any atom is 0.201 e. The number of carbonyl (C=O) groups is 1. The number of Topliss-reactive ketones (excluding diaryl/α,β-unsaturated/α-hetero) is 1. The first-order chi connectivity index (χ1) is 15.8. The van der Waals surface area contributed by atoms with E-state index in [1.54, 1.807) is 6.08 Å². The molecule has 0 saturated carbocycles. The van der Waals surface area contributed by atoms with Crippen molar-refractivity contribution in [2.45, 2.75) is 25.3 Å². The van der Waals surface area contributed by atoms with Crippen LogP contribution >= 0.6 is 0 Å². The number of rotatable bonds is 3. The second-order valence-corrected chi connectivity index (χ2v) is 9.04. The average Bonchev–Trinajstić information content (AvgIpc) is 3.24. The van der Waals surface area contributed by atoms with Crippen molar-refractivity contribution in [1.29, 1.82) is 5.26 Å². The van der Waals surface area contributed by atoms with Gasteiger partial charge in [-0.2, -0.15) is 5.26 Å². The third kappa shape index (κ3) is 2.82. The summed E-state index contributed by atoms with van der Waals surface area (Å²) in [6.45, 7) is 4.22. The van der Waals surface area contributed by atoms with Crippen LogP contribution in [0.5, 0.6) is 5.75 Å². The van der Waals surface area contributed by atoms with Gasteiger partial charge in [0.25, 0.3) is 0 Å². The molecule has 2 aromatic rings. The molecule has 1 atom stereocenters. The Hall–Kier alpha value is -3.98. The molecule has 6 nitrogen and oxygen atoms in total. The molecule has 0 bridgehead atoms. The van der Waals surface area contributed by atoms with E-state index in [0.29, 0.717) is 28.4 Å². The first-order valence-corrected chi connectivity index (χ1v) is 10.8.